The third-order valence-corrected chi connectivity index (χ3v) is 2.68. The van der Waals surface area contributed by atoms with Crippen LogP contribution < -0.4 is 10.1 Å². The summed E-state index contributed by atoms with van der Waals surface area (Å²) in [5.74, 6) is -1.08. The molecule has 0 bridgehead atoms. The van der Waals surface area contributed by atoms with Crippen LogP contribution in [0.2, 0.25) is 0 Å². The first-order chi connectivity index (χ1) is 9.58. The van der Waals surface area contributed by atoms with Crippen LogP contribution in [0.25, 0.3) is 10.9 Å². The second-order valence-corrected chi connectivity index (χ2v) is 4.23. The SMILES string of the molecule is CC(=O)NC(COc1cccc2cccnc12)C(=O)O. The van der Waals surface area contributed by atoms with Crippen molar-refractivity contribution in [2.75, 3.05) is 6.61 Å². The van der Waals surface area contributed by atoms with E-state index in [0.717, 1.165) is 5.39 Å². The van der Waals surface area contributed by atoms with E-state index in [1.165, 1.54) is 6.92 Å². The maximum Gasteiger partial charge on any atom is 0.329 e. The number of carboxylic acid groups (broad SMARTS) is 1. The van der Waals surface area contributed by atoms with E-state index in [1.54, 1.807) is 18.3 Å². The quantitative estimate of drug-likeness (QED) is 0.855. The van der Waals surface area contributed by atoms with Crippen molar-refractivity contribution < 1.29 is 19.4 Å². The molecule has 2 rings (SSSR count). The van der Waals surface area contributed by atoms with Gasteiger partial charge >= 0.3 is 5.97 Å². The number of hydrogen-bond acceptors (Lipinski definition) is 4. The molecule has 2 N–H and O–H groups in total. The van der Waals surface area contributed by atoms with Crippen LogP contribution in [0.15, 0.2) is 36.5 Å². The molecule has 0 saturated heterocycles. The highest BCUT2D eigenvalue weighted by Gasteiger charge is 2.19. The number of hydrogen-bond donors (Lipinski definition) is 2. The van der Waals surface area contributed by atoms with Gasteiger partial charge in [-0.05, 0) is 12.1 Å². The molecule has 1 heterocycles. The number of carbonyl (C=O) groups is 2. The highest BCUT2D eigenvalue weighted by molar-refractivity contribution is 5.84. The Morgan fingerprint density at radius 2 is 2.10 bits per heavy atom. The Balaban J connectivity index is 2.15. The molecule has 0 spiro atoms. The number of aromatic nitrogens is 1. The van der Waals surface area contributed by atoms with Gasteiger partial charge in [-0.15, -0.1) is 0 Å². The smallest absolute Gasteiger partial charge is 0.329 e. The van der Waals surface area contributed by atoms with Gasteiger partial charge in [-0.25, -0.2) is 4.79 Å². The Kier molecular flexibility index (Phi) is 4.14. The molecule has 0 aliphatic rings. The number of ether oxygens (including phenoxy) is 1. The molecule has 1 amide bonds. The summed E-state index contributed by atoms with van der Waals surface area (Å²) in [5, 5.41) is 12.2. The van der Waals surface area contributed by atoms with E-state index in [9.17, 15) is 9.59 Å². The average molecular weight is 274 g/mol. The van der Waals surface area contributed by atoms with Crippen LogP contribution in [-0.2, 0) is 9.59 Å². The Morgan fingerprint density at radius 1 is 1.35 bits per heavy atom. The summed E-state index contributed by atoms with van der Waals surface area (Å²) in [7, 11) is 0. The highest BCUT2D eigenvalue weighted by Crippen LogP contribution is 2.22. The van der Waals surface area contributed by atoms with Gasteiger partial charge in [-0.1, -0.05) is 18.2 Å². The van der Waals surface area contributed by atoms with Crippen molar-refractivity contribution in [1.82, 2.24) is 10.3 Å². The van der Waals surface area contributed by atoms with Crippen LogP contribution in [-0.4, -0.2) is 34.6 Å². The molecule has 6 heteroatoms. The zero-order chi connectivity index (χ0) is 14.5. The van der Waals surface area contributed by atoms with E-state index >= 15 is 0 Å². The molecule has 1 aromatic heterocycles. The molecule has 0 fully saturated rings. The van der Waals surface area contributed by atoms with Crippen LogP contribution in [0.5, 0.6) is 5.75 Å². The normalized spacial score (nSPS) is 11.8. The number of rotatable bonds is 5. The lowest BCUT2D eigenvalue weighted by atomic mass is 10.2. The van der Waals surface area contributed by atoms with Crippen LogP contribution >= 0.6 is 0 Å². The molecular formula is C14H14N2O4. The van der Waals surface area contributed by atoms with Gasteiger partial charge in [-0.2, -0.15) is 0 Å². The largest absolute Gasteiger partial charge is 0.489 e. The molecule has 0 radical (unpaired) electrons. The number of amides is 1. The van der Waals surface area contributed by atoms with Crippen molar-refractivity contribution in [1.29, 1.82) is 0 Å². The predicted octanol–water partition coefficient (Wildman–Crippen LogP) is 1.20. The summed E-state index contributed by atoms with van der Waals surface area (Å²) >= 11 is 0. The van der Waals surface area contributed by atoms with Gasteiger partial charge < -0.3 is 15.2 Å². The van der Waals surface area contributed by atoms with Crippen molar-refractivity contribution in [3.8, 4) is 5.75 Å². The Hall–Kier alpha value is -2.63. The van der Waals surface area contributed by atoms with Gasteiger partial charge in [0, 0.05) is 18.5 Å². The first-order valence-corrected chi connectivity index (χ1v) is 6.04. The van der Waals surface area contributed by atoms with Gasteiger partial charge in [0.25, 0.3) is 0 Å². The summed E-state index contributed by atoms with van der Waals surface area (Å²) in [5.41, 5.74) is 0.655. The molecule has 0 aliphatic carbocycles. The molecule has 104 valence electrons. The third-order valence-electron chi connectivity index (χ3n) is 2.68. The van der Waals surface area contributed by atoms with Crippen molar-refractivity contribution >= 4 is 22.8 Å². The lowest BCUT2D eigenvalue weighted by Gasteiger charge is -2.15. The number of aliphatic carboxylic acids is 1. The number of carboxylic acids is 1. The molecule has 1 unspecified atom stereocenters. The molecule has 2 aromatic rings. The van der Waals surface area contributed by atoms with Crippen molar-refractivity contribution in [3.63, 3.8) is 0 Å². The van der Waals surface area contributed by atoms with Gasteiger partial charge in [0.05, 0.1) is 0 Å². The number of nitrogens with zero attached hydrogens (tertiary/aromatic N) is 1. The number of fused-ring (bicyclic) bond motifs is 1. The fraction of sp³-hybridized carbons (Fsp3) is 0.214. The van der Waals surface area contributed by atoms with Gasteiger partial charge in [-0.3, -0.25) is 9.78 Å². The summed E-state index contributed by atoms with van der Waals surface area (Å²) in [4.78, 5) is 26.2. The minimum absolute atomic E-state index is 0.162. The minimum Gasteiger partial charge on any atom is -0.489 e. The predicted molar refractivity (Wildman–Crippen MR) is 72.5 cm³/mol. The fourth-order valence-corrected chi connectivity index (χ4v) is 1.79. The molecule has 6 nitrogen and oxygen atoms in total. The van der Waals surface area contributed by atoms with Crippen LogP contribution in [0.4, 0.5) is 0 Å². The van der Waals surface area contributed by atoms with Crippen molar-refractivity contribution in [3.05, 3.63) is 36.5 Å². The number of benzene rings is 1. The first kappa shape index (κ1) is 13.8. The lowest BCUT2D eigenvalue weighted by Crippen LogP contribution is -2.43. The van der Waals surface area contributed by atoms with Gasteiger partial charge in [0.2, 0.25) is 5.91 Å². The van der Waals surface area contributed by atoms with Crippen LogP contribution in [0, 0.1) is 0 Å². The minimum atomic E-state index is -1.15. The summed E-state index contributed by atoms with van der Waals surface area (Å²) in [6.45, 7) is 1.10. The van der Waals surface area contributed by atoms with Crippen LogP contribution in [0.1, 0.15) is 6.92 Å². The summed E-state index contributed by atoms with van der Waals surface area (Å²) in [6.07, 6.45) is 1.64. The molecule has 0 aliphatic heterocycles. The maximum absolute atomic E-state index is 11.0. The Morgan fingerprint density at radius 3 is 2.80 bits per heavy atom. The molecule has 20 heavy (non-hydrogen) atoms. The number of nitrogens with one attached hydrogen (secondary N) is 1. The van der Waals surface area contributed by atoms with Gasteiger partial charge in [0.15, 0.2) is 6.04 Å². The fourth-order valence-electron chi connectivity index (χ4n) is 1.79. The van der Waals surface area contributed by atoms with E-state index < -0.39 is 17.9 Å². The van der Waals surface area contributed by atoms with Crippen molar-refractivity contribution in [2.24, 2.45) is 0 Å². The van der Waals surface area contributed by atoms with E-state index in [0.29, 0.717) is 11.3 Å². The number of carbonyl (C=O) groups excluding carboxylic acids is 1. The number of pyridine rings is 1. The average Bonchev–Trinajstić information content (AvgIpc) is 2.42. The first-order valence-electron chi connectivity index (χ1n) is 6.04. The third kappa shape index (κ3) is 3.23. The molecular weight excluding hydrogens is 260 g/mol. The monoisotopic (exact) mass is 274 g/mol. The summed E-state index contributed by atoms with van der Waals surface area (Å²) in [6, 6.07) is 8.00. The lowest BCUT2D eigenvalue weighted by molar-refractivity contribution is -0.142. The molecule has 1 atom stereocenters. The Labute approximate surface area is 115 Å². The topological polar surface area (TPSA) is 88.5 Å². The second-order valence-electron chi connectivity index (χ2n) is 4.23. The van der Waals surface area contributed by atoms with Crippen molar-refractivity contribution in [2.45, 2.75) is 13.0 Å². The van der Waals surface area contributed by atoms with E-state index in [-0.39, 0.29) is 6.61 Å². The van der Waals surface area contributed by atoms with E-state index in [1.807, 2.05) is 18.2 Å². The maximum atomic E-state index is 11.0. The van der Waals surface area contributed by atoms with Gasteiger partial charge in [0.1, 0.15) is 17.9 Å². The second kappa shape index (κ2) is 6.01. The highest BCUT2D eigenvalue weighted by atomic mass is 16.5. The zero-order valence-electron chi connectivity index (χ0n) is 10.9. The summed E-state index contributed by atoms with van der Waals surface area (Å²) < 4.78 is 5.49. The number of para-hydroxylation sites is 1. The zero-order valence-corrected chi connectivity index (χ0v) is 10.9. The molecule has 0 saturated carbocycles. The standard InChI is InChI=1S/C14H14N2O4/c1-9(17)16-11(14(18)19)8-20-12-6-2-4-10-5-3-7-15-13(10)12/h2-7,11H,8H2,1H3,(H,16,17)(H,18,19). The van der Waals surface area contributed by atoms with E-state index in [4.69, 9.17) is 9.84 Å². The van der Waals surface area contributed by atoms with Crippen LogP contribution in [0.3, 0.4) is 0 Å². The Bertz CT molecular complexity index is 637. The van der Waals surface area contributed by atoms with E-state index in [2.05, 4.69) is 10.3 Å². The molecule has 1 aromatic carbocycles.